The van der Waals surface area contributed by atoms with Gasteiger partial charge in [-0.05, 0) is 19.1 Å². The third-order valence-corrected chi connectivity index (χ3v) is 2.45. The minimum Gasteiger partial charge on any atom is -0.481 e. The first-order valence-corrected chi connectivity index (χ1v) is 5.98. The van der Waals surface area contributed by atoms with Crippen LogP contribution in [0, 0.1) is 11.3 Å². The third kappa shape index (κ3) is 4.28. The molecular weight excluding hydrogens is 260 g/mol. The van der Waals surface area contributed by atoms with Crippen molar-refractivity contribution < 1.29 is 19.1 Å². The van der Waals surface area contributed by atoms with E-state index in [0.29, 0.717) is 11.3 Å². The van der Waals surface area contributed by atoms with E-state index in [1.165, 1.54) is 11.8 Å². The predicted octanol–water partition coefficient (Wildman–Crippen LogP) is 0.957. The number of amides is 1. The summed E-state index contributed by atoms with van der Waals surface area (Å²) in [5.41, 5.74) is 0.331. The highest BCUT2D eigenvalue weighted by Crippen LogP contribution is 2.16. The number of nitriles is 1. The number of hydrogen-bond donors (Lipinski definition) is 0. The van der Waals surface area contributed by atoms with Crippen LogP contribution in [0.5, 0.6) is 5.75 Å². The van der Waals surface area contributed by atoms with Crippen molar-refractivity contribution in [3.05, 3.63) is 29.8 Å². The first kappa shape index (κ1) is 15.5. The minimum absolute atomic E-state index is 0.304. The first-order valence-electron chi connectivity index (χ1n) is 5.98. The Morgan fingerprint density at radius 2 is 2.00 bits per heavy atom. The van der Waals surface area contributed by atoms with Gasteiger partial charge >= 0.3 is 5.97 Å². The van der Waals surface area contributed by atoms with Gasteiger partial charge in [0.1, 0.15) is 11.8 Å². The average molecular weight is 276 g/mol. The number of carbonyl (C=O) groups is 2. The second-order valence-electron chi connectivity index (χ2n) is 4.26. The summed E-state index contributed by atoms with van der Waals surface area (Å²) in [6.07, 6.45) is -0.868. The number of ether oxygens (including phenoxy) is 2. The molecule has 6 nitrogen and oxygen atoms in total. The van der Waals surface area contributed by atoms with Crippen LogP contribution in [-0.4, -0.2) is 43.6 Å². The van der Waals surface area contributed by atoms with Crippen molar-refractivity contribution in [2.24, 2.45) is 0 Å². The lowest BCUT2D eigenvalue weighted by Gasteiger charge is -2.17. The van der Waals surface area contributed by atoms with Gasteiger partial charge in [-0.25, -0.2) is 4.79 Å². The van der Waals surface area contributed by atoms with E-state index < -0.39 is 12.1 Å². The van der Waals surface area contributed by atoms with Gasteiger partial charge in [-0.2, -0.15) is 5.26 Å². The Balaban J connectivity index is 2.52. The Bertz CT molecular complexity index is 534. The van der Waals surface area contributed by atoms with E-state index in [-0.39, 0.29) is 12.5 Å². The maximum atomic E-state index is 11.6. The van der Waals surface area contributed by atoms with Gasteiger partial charge in [-0.3, -0.25) is 4.79 Å². The number of rotatable bonds is 5. The molecule has 20 heavy (non-hydrogen) atoms. The lowest BCUT2D eigenvalue weighted by atomic mass is 10.2. The molecule has 0 aliphatic rings. The van der Waals surface area contributed by atoms with Gasteiger partial charge in [0.2, 0.25) is 0 Å². The SMILES string of the molecule is C[C@@H](OC(=O)COc1ccccc1C#N)C(=O)N(C)C. The van der Waals surface area contributed by atoms with Crippen LogP contribution in [-0.2, 0) is 14.3 Å². The molecule has 1 rings (SSSR count). The zero-order chi connectivity index (χ0) is 15.1. The number of hydrogen-bond acceptors (Lipinski definition) is 5. The molecule has 0 fully saturated rings. The molecule has 0 aliphatic carbocycles. The highest BCUT2D eigenvalue weighted by Gasteiger charge is 2.19. The summed E-state index contributed by atoms with van der Waals surface area (Å²) in [5, 5.41) is 8.87. The van der Waals surface area contributed by atoms with Crippen LogP contribution in [0.4, 0.5) is 0 Å². The summed E-state index contributed by atoms with van der Waals surface area (Å²) in [7, 11) is 3.15. The molecule has 0 bridgehead atoms. The fourth-order valence-electron chi connectivity index (χ4n) is 1.47. The van der Waals surface area contributed by atoms with Gasteiger partial charge < -0.3 is 14.4 Å². The fraction of sp³-hybridized carbons (Fsp3) is 0.357. The molecule has 0 aromatic heterocycles. The molecule has 1 atom stereocenters. The molecule has 1 aromatic rings. The van der Waals surface area contributed by atoms with Crippen LogP contribution in [0.25, 0.3) is 0 Å². The number of carbonyl (C=O) groups excluding carboxylic acids is 2. The lowest BCUT2D eigenvalue weighted by molar-refractivity contribution is -0.159. The van der Waals surface area contributed by atoms with Gasteiger partial charge in [0.05, 0.1) is 5.56 Å². The van der Waals surface area contributed by atoms with E-state index in [2.05, 4.69) is 0 Å². The molecule has 0 saturated heterocycles. The third-order valence-electron chi connectivity index (χ3n) is 2.45. The van der Waals surface area contributed by atoms with Crippen molar-refractivity contribution in [3.63, 3.8) is 0 Å². The Morgan fingerprint density at radius 3 is 2.60 bits per heavy atom. The summed E-state index contributed by atoms with van der Waals surface area (Å²) in [6, 6.07) is 8.51. The zero-order valence-electron chi connectivity index (χ0n) is 11.6. The molecule has 0 unspecified atom stereocenters. The van der Waals surface area contributed by atoms with Gasteiger partial charge in [-0.1, -0.05) is 12.1 Å². The van der Waals surface area contributed by atoms with Gasteiger partial charge in [0.15, 0.2) is 12.7 Å². The fourth-order valence-corrected chi connectivity index (χ4v) is 1.47. The van der Waals surface area contributed by atoms with Crippen LogP contribution in [0.15, 0.2) is 24.3 Å². The molecule has 0 spiro atoms. The molecule has 1 amide bonds. The Labute approximate surface area is 117 Å². The van der Waals surface area contributed by atoms with Crippen molar-refractivity contribution in [1.82, 2.24) is 4.90 Å². The number of para-hydroxylation sites is 1. The van der Waals surface area contributed by atoms with E-state index in [9.17, 15) is 9.59 Å². The number of benzene rings is 1. The molecule has 6 heteroatoms. The lowest BCUT2D eigenvalue weighted by Crippen LogP contribution is -2.35. The molecule has 0 radical (unpaired) electrons. The van der Waals surface area contributed by atoms with Crippen molar-refractivity contribution in [3.8, 4) is 11.8 Å². The second kappa shape index (κ2) is 7.14. The molecule has 0 aliphatic heterocycles. The monoisotopic (exact) mass is 276 g/mol. The zero-order valence-corrected chi connectivity index (χ0v) is 11.6. The summed E-state index contributed by atoms with van der Waals surface area (Å²) in [4.78, 5) is 24.4. The van der Waals surface area contributed by atoms with Crippen molar-refractivity contribution >= 4 is 11.9 Å². The second-order valence-corrected chi connectivity index (χ2v) is 4.26. The smallest absolute Gasteiger partial charge is 0.344 e. The first-order chi connectivity index (χ1) is 9.45. The molecule has 0 saturated carbocycles. The van der Waals surface area contributed by atoms with Crippen LogP contribution in [0.1, 0.15) is 12.5 Å². The molecule has 1 aromatic carbocycles. The molecular formula is C14H16N2O4. The Hall–Kier alpha value is -2.55. The van der Waals surface area contributed by atoms with E-state index in [0.717, 1.165) is 0 Å². The topological polar surface area (TPSA) is 79.6 Å². The van der Waals surface area contributed by atoms with Crippen LogP contribution in [0.3, 0.4) is 0 Å². The maximum Gasteiger partial charge on any atom is 0.344 e. The molecule has 0 heterocycles. The summed E-state index contributed by atoms with van der Waals surface area (Å²) in [5.74, 6) is -0.672. The van der Waals surface area contributed by atoms with Crippen molar-refractivity contribution in [2.45, 2.75) is 13.0 Å². The predicted molar refractivity (Wildman–Crippen MR) is 70.9 cm³/mol. The maximum absolute atomic E-state index is 11.6. The summed E-state index contributed by atoms with van der Waals surface area (Å²) >= 11 is 0. The molecule has 0 N–H and O–H groups in total. The van der Waals surface area contributed by atoms with Crippen molar-refractivity contribution in [1.29, 1.82) is 5.26 Å². The van der Waals surface area contributed by atoms with Gasteiger partial charge in [-0.15, -0.1) is 0 Å². The number of likely N-dealkylation sites (N-methyl/N-ethyl adjacent to an activating group) is 1. The van der Waals surface area contributed by atoms with Gasteiger partial charge in [0, 0.05) is 14.1 Å². The van der Waals surface area contributed by atoms with E-state index in [4.69, 9.17) is 14.7 Å². The van der Waals surface area contributed by atoms with E-state index in [1.54, 1.807) is 38.4 Å². The Morgan fingerprint density at radius 1 is 1.35 bits per heavy atom. The highest BCUT2D eigenvalue weighted by molar-refractivity contribution is 5.83. The summed E-state index contributed by atoms with van der Waals surface area (Å²) in [6.45, 7) is 1.13. The van der Waals surface area contributed by atoms with Gasteiger partial charge in [0.25, 0.3) is 5.91 Å². The quantitative estimate of drug-likeness (QED) is 0.748. The van der Waals surface area contributed by atoms with E-state index >= 15 is 0 Å². The number of esters is 1. The van der Waals surface area contributed by atoms with Crippen molar-refractivity contribution in [2.75, 3.05) is 20.7 Å². The normalized spacial score (nSPS) is 11.1. The largest absolute Gasteiger partial charge is 0.481 e. The highest BCUT2D eigenvalue weighted by atomic mass is 16.6. The molecule has 106 valence electrons. The standard InChI is InChI=1S/C14H16N2O4/c1-10(14(18)16(2)3)20-13(17)9-19-12-7-5-4-6-11(12)8-15/h4-7,10H,9H2,1-3H3/t10-/m1/s1. The van der Waals surface area contributed by atoms with Crippen LogP contribution >= 0.6 is 0 Å². The minimum atomic E-state index is -0.868. The van der Waals surface area contributed by atoms with E-state index in [1.807, 2.05) is 6.07 Å². The van der Waals surface area contributed by atoms with Crippen LogP contribution in [0.2, 0.25) is 0 Å². The average Bonchev–Trinajstić information content (AvgIpc) is 2.44. The summed E-state index contributed by atoms with van der Waals surface area (Å²) < 4.78 is 10.1. The Kier molecular flexibility index (Phi) is 5.54. The van der Waals surface area contributed by atoms with Crippen LogP contribution < -0.4 is 4.74 Å². The number of nitrogens with zero attached hydrogens (tertiary/aromatic N) is 2.